The first-order chi connectivity index (χ1) is 15.5. The summed E-state index contributed by atoms with van der Waals surface area (Å²) >= 11 is 0. The summed E-state index contributed by atoms with van der Waals surface area (Å²) in [6.45, 7) is 5.84. The number of carbonyl (C=O) groups excluding carboxylic acids is 3. The van der Waals surface area contributed by atoms with Gasteiger partial charge in [-0.25, -0.2) is 9.59 Å². The minimum Gasteiger partial charge on any atom is -0.497 e. The van der Waals surface area contributed by atoms with Crippen LogP contribution in [0.4, 0.5) is 4.79 Å². The molecule has 9 nitrogen and oxygen atoms in total. The molecule has 2 amide bonds. The van der Waals surface area contributed by atoms with Crippen LogP contribution in [0.15, 0.2) is 35.5 Å². The number of likely N-dealkylation sites (tertiary alicyclic amines) is 1. The normalized spacial score (nSPS) is 19.7. The molecule has 1 atom stereocenters. The number of hydrogen-bond acceptors (Lipinski definition) is 7. The van der Waals surface area contributed by atoms with E-state index in [2.05, 4.69) is 15.5 Å². The number of ether oxygens (including phenoxy) is 3. The van der Waals surface area contributed by atoms with Gasteiger partial charge in [-0.2, -0.15) is 0 Å². The van der Waals surface area contributed by atoms with Crippen LogP contribution in [0.3, 0.4) is 0 Å². The largest absolute Gasteiger partial charge is 0.497 e. The van der Waals surface area contributed by atoms with Crippen molar-refractivity contribution in [3.63, 3.8) is 0 Å². The number of nitrogens with one attached hydrogen (secondary N) is 2. The van der Waals surface area contributed by atoms with Crippen LogP contribution < -0.4 is 15.4 Å². The van der Waals surface area contributed by atoms with Gasteiger partial charge in [0.1, 0.15) is 5.75 Å². The fraction of sp³-hybridized carbons (Fsp3) is 0.522. The topological polar surface area (TPSA) is 106 Å². The van der Waals surface area contributed by atoms with Gasteiger partial charge in [0.25, 0.3) is 0 Å². The SMILES string of the molecule is CCOC(=O)C1=C(CN2CCC(C(=O)OCC)CC2)NC(=O)N[C@H]1c1cccc(OC)c1. The Kier molecular flexibility index (Phi) is 8.10. The summed E-state index contributed by atoms with van der Waals surface area (Å²) < 4.78 is 15.8. The Balaban J connectivity index is 1.85. The molecule has 32 heavy (non-hydrogen) atoms. The Bertz CT molecular complexity index is 876. The molecule has 9 heteroatoms. The summed E-state index contributed by atoms with van der Waals surface area (Å²) in [5, 5.41) is 5.63. The first-order valence-electron chi connectivity index (χ1n) is 11.0. The van der Waals surface area contributed by atoms with E-state index in [0.29, 0.717) is 56.1 Å². The van der Waals surface area contributed by atoms with E-state index in [1.165, 1.54) is 0 Å². The molecular formula is C23H31N3O6. The molecule has 0 aliphatic carbocycles. The second kappa shape index (κ2) is 11.0. The van der Waals surface area contributed by atoms with Gasteiger partial charge in [0, 0.05) is 12.2 Å². The Morgan fingerprint density at radius 2 is 1.84 bits per heavy atom. The third-order valence-electron chi connectivity index (χ3n) is 5.67. The van der Waals surface area contributed by atoms with E-state index >= 15 is 0 Å². The van der Waals surface area contributed by atoms with E-state index < -0.39 is 12.0 Å². The van der Waals surface area contributed by atoms with Gasteiger partial charge in [0.15, 0.2) is 0 Å². The number of carbonyl (C=O) groups is 3. The Labute approximate surface area is 188 Å². The summed E-state index contributed by atoms with van der Waals surface area (Å²) in [6.07, 6.45) is 1.35. The first-order valence-corrected chi connectivity index (χ1v) is 11.0. The van der Waals surface area contributed by atoms with Crippen LogP contribution in [0.25, 0.3) is 0 Å². The lowest BCUT2D eigenvalue weighted by Gasteiger charge is -2.35. The molecule has 2 aliphatic heterocycles. The Morgan fingerprint density at radius 3 is 2.50 bits per heavy atom. The Hall–Kier alpha value is -3.07. The second-order valence-corrected chi connectivity index (χ2v) is 7.72. The fourth-order valence-corrected chi connectivity index (χ4v) is 4.07. The lowest BCUT2D eigenvalue weighted by molar-refractivity contribution is -0.149. The van der Waals surface area contributed by atoms with E-state index in [1.807, 2.05) is 12.1 Å². The van der Waals surface area contributed by atoms with Crippen molar-refractivity contribution < 1.29 is 28.6 Å². The van der Waals surface area contributed by atoms with Crippen molar-refractivity contribution in [2.24, 2.45) is 5.92 Å². The maximum absolute atomic E-state index is 12.9. The molecule has 1 saturated heterocycles. The highest BCUT2D eigenvalue weighted by molar-refractivity contribution is 5.95. The van der Waals surface area contributed by atoms with Gasteiger partial charge in [-0.05, 0) is 57.5 Å². The Morgan fingerprint density at radius 1 is 1.12 bits per heavy atom. The van der Waals surface area contributed by atoms with E-state index in [0.717, 1.165) is 5.56 Å². The van der Waals surface area contributed by atoms with E-state index in [-0.39, 0.29) is 24.5 Å². The minimum atomic E-state index is -0.662. The molecule has 0 unspecified atom stereocenters. The third-order valence-corrected chi connectivity index (χ3v) is 5.67. The average Bonchev–Trinajstić information content (AvgIpc) is 2.79. The van der Waals surface area contributed by atoms with Gasteiger partial charge in [0.05, 0.1) is 37.9 Å². The monoisotopic (exact) mass is 445 g/mol. The lowest BCUT2D eigenvalue weighted by atomic mass is 9.93. The maximum atomic E-state index is 12.9. The molecule has 2 heterocycles. The highest BCUT2D eigenvalue weighted by Gasteiger charge is 2.35. The molecule has 0 spiro atoms. The van der Waals surface area contributed by atoms with Crippen molar-refractivity contribution in [3.8, 4) is 5.75 Å². The molecule has 174 valence electrons. The molecule has 2 aliphatic rings. The van der Waals surface area contributed by atoms with Crippen molar-refractivity contribution in [2.75, 3.05) is 40.0 Å². The minimum absolute atomic E-state index is 0.114. The van der Waals surface area contributed by atoms with Crippen molar-refractivity contribution >= 4 is 18.0 Å². The third kappa shape index (κ3) is 5.59. The van der Waals surface area contributed by atoms with Gasteiger partial charge >= 0.3 is 18.0 Å². The quantitative estimate of drug-likeness (QED) is 0.591. The molecule has 0 bridgehead atoms. The van der Waals surface area contributed by atoms with Crippen LogP contribution in [0.5, 0.6) is 5.75 Å². The average molecular weight is 446 g/mol. The molecule has 0 saturated carbocycles. The number of amides is 2. The van der Waals surface area contributed by atoms with Crippen LogP contribution in [0, 0.1) is 5.92 Å². The van der Waals surface area contributed by atoms with E-state index in [4.69, 9.17) is 14.2 Å². The predicted molar refractivity (Wildman–Crippen MR) is 117 cm³/mol. The number of methoxy groups -OCH3 is 1. The van der Waals surface area contributed by atoms with Crippen LogP contribution in [-0.2, 0) is 19.1 Å². The molecule has 2 N–H and O–H groups in total. The molecule has 3 rings (SSSR count). The number of hydrogen-bond donors (Lipinski definition) is 2. The number of esters is 2. The summed E-state index contributed by atoms with van der Waals surface area (Å²) in [6, 6.07) is 6.19. The van der Waals surface area contributed by atoms with Gasteiger partial charge in [-0.15, -0.1) is 0 Å². The fourth-order valence-electron chi connectivity index (χ4n) is 4.07. The highest BCUT2D eigenvalue weighted by Crippen LogP contribution is 2.30. The van der Waals surface area contributed by atoms with Crippen LogP contribution in [0.1, 0.15) is 38.3 Å². The number of nitrogens with zero attached hydrogens (tertiary/aromatic N) is 1. The number of benzene rings is 1. The zero-order valence-electron chi connectivity index (χ0n) is 18.8. The molecule has 1 fully saturated rings. The summed E-state index contributed by atoms with van der Waals surface area (Å²) in [5.41, 5.74) is 1.60. The molecular weight excluding hydrogens is 414 g/mol. The standard InChI is InChI=1S/C23H31N3O6/c1-4-31-21(27)15-9-11-26(12-10-15)14-18-19(22(28)32-5-2)20(25-23(29)24-18)16-7-6-8-17(13-16)30-3/h6-8,13,15,20H,4-5,9-12,14H2,1-3H3,(H2,24,25,29)/t20-/m0/s1. The second-order valence-electron chi connectivity index (χ2n) is 7.72. The van der Waals surface area contributed by atoms with Crippen LogP contribution in [-0.4, -0.2) is 62.8 Å². The van der Waals surface area contributed by atoms with Crippen molar-refractivity contribution in [2.45, 2.75) is 32.7 Å². The van der Waals surface area contributed by atoms with E-state index in [1.54, 1.807) is 33.1 Å². The number of rotatable bonds is 8. The summed E-state index contributed by atoms with van der Waals surface area (Å²) in [7, 11) is 1.56. The van der Waals surface area contributed by atoms with Crippen molar-refractivity contribution in [1.82, 2.24) is 15.5 Å². The van der Waals surface area contributed by atoms with Crippen molar-refractivity contribution in [1.29, 1.82) is 0 Å². The molecule has 0 radical (unpaired) electrons. The van der Waals surface area contributed by atoms with Crippen LogP contribution >= 0.6 is 0 Å². The predicted octanol–water partition coefficient (Wildman–Crippen LogP) is 2.14. The highest BCUT2D eigenvalue weighted by atomic mass is 16.5. The zero-order valence-corrected chi connectivity index (χ0v) is 18.8. The van der Waals surface area contributed by atoms with Gasteiger partial charge in [-0.3, -0.25) is 9.69 Å². The summed E-state index contributed by atoms with van der Waals surface area (Å²) in [4.78, 5) is 39.5. The van der Waals surface area contributed by atoms with E-state index in [9.17, 15) is 14.4 Å². The molecule has 0 aromatic heterocycles. The number of piperidine rings is 1. The van der Waals surface area contributed by atoms with Gasteiger partial charge < -0.3 is 24.8 Å². The van der Waals surface area contributed by atoms with Crippen molar-refractivity contribution in [3.05, 3.63) is 41.1 Å². The zero-order chi connectivity index (χ0) is 23.1. The molecule has 1 aromatic rings. The molecule has 1 aromatic carbocycles. The maximum Gasteiger partial charge on any atom is 0.338 e. The first kappa shape index (κ1) is 23.6. The van der Waals surface area contributed by atoms with Gasteiger partial charge in [-0.1, -0.05) is 12.1 Å². The van der Waals surface area contributed by atoms with Crippen LogP contribution in [0.2, 0.25) is 0 Å². The lowest BCUT2D eigenvalue weighted by Crippen LogP contribution is -2.49. The summed E-state index contributed by atoms with van der Waals surface area (Å²) in [5.74, 6) is -0.131. The number of urea groups is 1. The smallest absolute Gasteiger partial charge is 0.338 e. The van der Waals surface area contributed by atoms with Gasteiger partial charge in [0.2, 0.25) is 0 Å².